The third kappa shape index (κ3) is 4.07. The molecule has 0 aliphatic carbocycles. The first kappa shape index (κ1) is 18.1. The SMILES string of the molecule is CC(C(Cl)C(F)C(F)F)C(C)(C)C(Cl)C(=O)OCl. The summed E-state index contributed by atoms with van der Waals surface area (Å²) in [5, 5.41) is -2.71. The first-order chi connectivity index (χ1) is 8.07. The van der Waals surface area contributed by atoms with Gasteiger partial charge in [-0.3, -0.25) is 0 Å². The fraction of sp³-hybridized carbons (Fsp3) is 0.900. The Morgan fingerprint density at radius 2 is 1.67 bits per heavy atom. The first-order valence-corrected chi connectivity index (χ1v) is 6.28. The van der Waals surface area contributed by atoms with Crippen LogP contribution in [-0.4, -0.2) is 29.3 Å². The fourth-order valence-corrected chi connectivity index (χ4v) is 2.21. The molecule has 0 spiro atoms. The predicted octanol–water partition coefficient (Wildman–Crippen LogP) is 4.16. The summed E-state index contributed by atoms with van der Waals surface area (Å²) < 4.78 is 41.6. The highest BCUT2D eigenvalue weighted by atomic mass is 35.5. The molecule has 0 aromatic carbocycles. The smallest absolute Gasteiger partial charge is 0.342 e. The second-order valence-electron chi connectivity index (χ2n) is 4.59. The molecule has 4 unspecified atom stereocenters. The quantitative estimate of drug-likeness (QED) is 0.684. The van der Waals surface area contributed by atoms with E-state index in [1.54, 1.807) is 0 Å². The summed E-state index contributed by atoms with van der Waals surface area (Å²) in [5.41, 5.74) is -1.07. The van der Waals surface area contributed by atoms with Gasteiger partial charge >= 0.3 is 5.97 Å². The third-order valence-electron chi connectivity index (χ3n) is 3.13. The van der Waals surface area contributed by atoms with E-state index in [1.807, 2.05) is 0 Å². The van der Waals surface area contributed by atoms with Crippen LogP contribution in [0.2, 0.25) is 0 Å². The Bertz CT molecular complexity index is 290. The van der Waals surface area contributed by atoms with Gasteiger partial charge < -0.3 is 4.29 Å². The number of carbonyl (C=O) groups is 1. The molecule has 0 radical (unpaired) electrons. The van der Waals surface area contributed by atoms with E-state index < -0.39 is 40.7 Å². The lowest BCUT2D eigenvalue weighted by Crippen LogP contribution is -2.44. The van der Waals surface area contributed by atoms with Crippen LogP contribution in [0.3, 0.4) is 0 Å². The van der Waals surface area contributed by atoms with Crippen molar-refractivity contribution in [2.75, 3.05) is 0 Å². The Hall–Kier alpha value is 0.130. The van der Waals surface area contributed by atoms with Crippen molar-refractivity contribution in [3.05, 3.63) is 0 Å². The summed E-state index contributed by atoms with van der Waals surface area (Å²) in [7, 11) is 0. The van der Waals surface area contributed by atoms with E-state index in [0.717, 1.165) is 0 Å². The monoisotopic (exact) mass is 328 g/mol. The fourth-order valence-electron chi connectivity index (χ4n) is 1.40. The molecule has 0 bridgehead atoms. The summed E-state index contributed by atoms with van der Waals surface area (Å²) >= 11 is 16.4. The van der Waals surface area contributed by atoms with Crippen molar-refractivity contribution in [2.24, 2.45) is 11.3 Å². The molecule has 0 fully saturated rings. The van der Waals surface area contributed by atoms with Crippen LogP contribution < -0.4 is 0 Å². The van der Waals surface area contributed by atoms with E-state index >= 15 is 0 Å². The number of rotatable bonds is 6. The Labute approximate surface area is 119 Å². The molecule has 4 atom stereocenters. The van der Waals surface area contributed by atoms with Gasteiger partial charge in [-0.25, -0.2) is 18.0 Å². The predicted molar refractivity (Wildman–Crippen MR) is 65.1 cm³/mol. The van der Waals surface area contributed by atoms with Gasteiger partial charge in [0.05, 0.1) is 5.38 Å². The Balaban J connectivity index is 4.94. The van der Waals surface area contributed by atoms with E-state index in [0.29, 0.717) is 0 Å². The van der Waals surface area contributed by atoms with Crippen molar-refractivity contribution in [2.45, 2.75) is 44.1 Å². The van der Waals surface area contributed by atoms with E-state index in [9.17, 15) is 18.0 Å². The van der Waals surface area contributed by atoms with Crippen molar-refractivity contribution in [1.29, 1.82) is 0 Å². The normalized spacial score (nSPS) is 19.2. The number of carbonyl (C=O) groups excluding carboxylic acids is 1. The summed E-state index contributed by atoms with van der Waals surface area (Å²) in [6.45, 7) is 4.43. The molecular weight excluding hydrogens is 315 g/mol. The second kappa shape index (κ2) is 7.06. The molecule has 0 heterocycles. The van der Waals surface area contributed by atoms with Crippen LogP contribution in [0.5, 0.6) is 0 Å². The van der Waals surface area contributed by atoms with E-state index in [-0.39, 0.29) is 0 Å². The lowest BCUT2D eigenvalue weighted by molar-refractivity contribution is -0.136. The van der Waals surface area contributed by atoms with Gasteiger partial charge in [0, 0.05) is 0 Å². The number of alkyl halides is 5. The van der Waals surface area contributed by atoms with Gasteiger partial charge in [-0.1, -0.05) is 20.8 Å². The zero-order valence-electron chi connectivity index (χ0n) is 9.97. The average molecular weight is 330 g/mol. The van der Waals surface area contributed by atoms with E-state index in [4.69, 9.17) is 35.1 Å². The van der Waals surface area contributed by atoms with Crippen LogP contribution in [0.15, 0.2) is 0 Å². The number of halogens is 6. The zero-order chi connectivity index (χ0) is 14.7. The van der Waals surface area contributed by atoms with Crippen LogP contribution >= 0.6 is 35.1 Å². The van der Waals surface area contributed by atoms with Gasteiger partial charge in [0.25, 0.3) is 6.43 Å². The summed E-state index contributed by atoms with van der Waals surface area (Å²) in [6.07, 6.45) is -5.70. The van der Waals surface area contributed by atoms with Crippen molar-refractivity contribution in [3.8, 4) is 0 Å². The van der Waals surface area contributed by atoms with Gasteiger partial charge in [-0.15, -0.1) is 23.2 Å². The van der Waals surface area contributed by atoms with Gasteiger partial charge in [0.15, 0.2) is 6.17 Å². The van der Waals surface area contributed by atoms with Crippen molar-refractivity contribution in [1.82, 2.24) is 0 Å². The Morgan fingerprint density at radius 1 is 1.22 bits per heavy atom. The highest BCUT2D eigenvalue weighted by Gasteiger charge is 2.45. The standard InChI is InChI=1S/C10H14Cl3F3O2/c1-4(5(11)6(14)8(15)16)10(2,3)7(12)9(17)18-13/h4-8H,1-3H3. The third-order valence-corrected chi connectivity index (χ3v) is 4.64. The van der Waals surface area contributed by atoms with Gasteiger partial charge in [-0.05, 0) is 11.3 Å². The Morgan fingerprint density at radius 3 is 2.00 bits per heavy atom. The van der Waals surface area contributed by atoms with Crippen molar-refractivity contribution in [3.63, 3.8) is 0 Å². The maximum absolute atomic E-state index is 13.2. The average Bonchev–Trinajstić information content (AvgIpc) is 2.33. The molecule has 0 aromatic rings. The summed E-state index contributed by atoms with van der Waals surface area (Å²) in [5.74, 6) is -1.74. The zero-order valence-corrected chi connectivity index (χ0v) is 12.2. The minimum atomic E-state index is -3.19. The maximum atomic E-state index is 13.2. The van der Waals surface area contributed by atoms with E-state index in [2.05, 4.69) is 4.29 Å². The van der Waals surface area contributed by atoms with Crippen LogP contribution in [0, 0.1) is 11.3 Å². The summed E-state index contributed by atoms with van der Waals surface area (Å²) in [6, 6.07) is 0. The minimum absolute atomic E-state index is 0.804. The molecule has 0 rings (SSSR count). The minimum Gasteiger partial charge on any atom is -0.346 e. The number of hydrogen-bond donors (Lipinski definition) is 0. The molecule has 0 aromatic heterocycles. The molecular formula is C10H14Cl3F3O2. The number of hydrogen-bond acceptors (Lipinski definition) is 2. The lowest BCUT2D eigenvalue weighted by Gasteiger charge is -2.37. The molecule has 0 aliphatic rings. The molecule has 8 heteroatoms. The molecule has 0 aliphatic heterocycles. The largest absolute Gasteiger partial charge is 0.346 e. The van der Waals surface area contributed by atoms with Gasteiger partial charge in [-0.2, -0.15) is 0 Å². The van der Waals surface area contributed by atoms with Crippen molar-refractivity contribution < 1.29 is 22.3 Å². The molecule has 0 N–H and O–H groups in total. The van der Waals surface area contributed by atoms with Crippen LogP contribution in [0.4, 0.5) is 13.2 Å². The highest BCUT2D eigenvalue weighted by Crippen LogP contribution is 2.40. The van der Waals surface area contributed by atoms with Crippen LogP contribution in [0.1, 0.15) is 20.8 Å². The van der Waals surface area contributed by atoms with E-state index in [1.165, 1.54) is 20.8 Å². The topological polar surface area (TPSA) is 26.3 Å². The van der Waals surface area contributed by atoms with Crippen molar-refractivity contribution >= 4 is 41.0 Å². The molecule has 0 amide bonds. The first-order valence-electron chi connectivity index (χ1n) is 5.10. The molecule has 0 saturated heterocycles. The second-order valence-corrected chi connectivity index (χ2v) is 5.69. The maximum Gasteiger partial charge on any atom is 0.342 e. The highest BCUT2D eigenvalue weighted by molar-refractivity contribution is 6.32. The summed E-state index contributed by atoms with van der Waals surface area (Å²) in [4.78, 5) is 11.2. The lowest BCUT2D eigenvalue weighted by atomic mass is 9.74. The molecule has 0 saturated carbocycles. The van der Waals surface area contributed by atoms with Gasteiger partial charge in [0.1, 0.15) is 17.2 Å². The van der Waals surface area contributed by atoms with Gasteiger partial charge in [0.2, 0.25) is 0 Å². The van der Waals surface area contributed by atoms with Crippen LogP contribution in [0.25, 0.3) is 0 Å². The molecule has 18 heavy (non-hydrogen) atoms. The molecule has 2 nitrogen and oxygen atoms in total. The molecule has 108 valence electrons. The van der Waals surface area contributed by atoms with Crippen LogP contribution in [-0.2, 0) is 9.08 Å². The Kier molecular flexibility index (Phi) is 7.11.